The Kier molecular flexibility index (Phi) is 8.45. The number of fused-ring (bicyclic) bond motifs is 1. The van der Waals surface area contributed by atoms with Gasteiger partial charge in [-0.25, -0.2) is 4.79 Å². The summed E-state index contributed by atoms with van der Waals surface area (Å²) in [6.45, 7) is 1.38. The van der Waals surface area contributed by atoms with E-state index in [9.17, 15) is 19.2 Å². The number of nitrogens with one attached hydrogen (secondary N) is 2. The zero-order valence-corrected chi connectivity index (χ0v) is 28.5. The number of hydrogen-bond donors (Lipinski definition) is 2. The lowest BCUT2D eigenvalue weighted by molar-refractivity contribution is -0.146. The number of amides is 4. The molecule has 244 valence electrons. The number of halogens is 4. The number of rotatable bonds is 4. The monoisotopic (exact) mass is 728 g/mol. The summed E-state index contributed by atoms with van der Waals surface area (Å²) >= 11 is 25.2. The van der Waals surface area contributed by atoms with Crippen LogP contribution in [0.5, 0.6) is 0 Å². The van der Waals surface area contributed by atoms with Gasteiger partial charge in [-0.15, -0.1) is 0 Å². The molecule has 1 saturated heterocycles. The van der Waals surface area contributed by atoms with Crippen molar-refractivity contribution in [3.63, 3.8) is 0 Å². The standard InChI is InChI=1S/C37H24Cl4N4O4/c1-19(46)45-33(23-8-16-27(41)17-9-23)29-31(22-6-14-26(40)15-7-22)37(34(47)42-36(49)43-35(37)48)30(21-4-12-25(39)13-5-21)28(32(29)44-45)18-20-2-10-24(38)11-3-20/h2-18,30-31H,1H3,(H2,42,43,47,48,49)/b28-18-. The van der Waals surface area contributed by atoms with Gasteiger partial charge in [-0.05, 0) is 76.9 Å². The summed E-state index contributed by atoms with van der Waals surface area (Å²) in [5.74, 6) is -4.23. The number of carbonyl (C=O) groups excluding carboxylic acids is 4. The second kappa shape index (κ2) is 12.6. The first kappa shape index (κ1) is 32.8. The second-order valence-corrected chi connectivity index (χ2v) is 13.5. The number of barbiturate groups is 1. The molecule has 49 heavy (non-hydrogen) atoms. The van der Waals surface area contributed by atoms with E-state index in [1.54, 1.807) is 97.1 Å². The van der Waals surface area contributed by atoms with Crippen molar-refractivity contribution in [3.05, 3.63) is 145 Å². The lowest BCUT2D eigenvalue weighted by Crippen LogP contribution is -2.67. The van der Waals surface area contributed by atoms with Crippen molar-refractivity contribution in [1.29, 1.82) is 0 Å². The third kappa shape index (κ3) is 5.55. The maximum atomic E-state index is 14.8. The van der Waals surface area contributed by atoms with E-state index in [1.807, 2.05) is 6.08 Å². The maximum Gasteiger partial charge on any atom is 0.328 e. The van der Waals surface area contributed by atoms with Crippen molar-refractivity contribution >= 4 is 81.8 Å². The average Bonchev–Trinajstić information content (AvgIpc) is 3.47. The third-order valence-corrected chi connectivity index (χ3v) is 9.93. The number of imide groups is 2. The molecule has 0 saturated carbocycles. The van der Waals surface area contributed by atoms with Gasteiger partial charge in [0.1, 0.15) is 0 Å². The zero-order chi connectivity index (χ0) is 34.6. The Morgan fingerprint density at radius 2 is 1.14 bits per heavy atom. The Morgan fingerprint density at radius 1 is 0.694 bits per heavy atom. The molecule has 1 aliphatic heterocycles. The number of benzene rings is 4. The highest BCUT2D eigenvalue weighted by molar-refractivity contribution is 6.31. The van der Waals surface area contributed by atoms with E-state index >= 15 is 0 Å². The van der Waals surface area contributed by atoms with Crippen LogP contribution in [0.4, 0.5) is 4.79 Å². The van der Waals surface area contributed by atoms with Gasteiger partial charge in [-0.1, -0.05) is 94.9 Å². The molecule has 12 heteroatoms. The molecule has 2 atom stereocenters. The molecule has 1 spiro atoms. The van der Waals surface area contributed by atoms with Crippen LogP contribution >= 0.6 is 46.4 Å². The van der Waals surface area contributed by atoms with Crippen LogP contribution in [-0.2, 0) is 9.59 Å². The van der Waals surface area contributed by atoms with Crippen LogP contribution in [-0.4, -0.2) is 33.5 Å². The number of nitrogens with zero attached hydrogens (tertiary/aromatic N) is 2. The van der Waals surface area contributed by atoms with E-state index in [2.05, 4.69) is 10.6 Å². The van der Waals surface area contributed by atoms with E-state index in [1.165, 1.54) is 11.6 Å². The highest BCUT2D eigenvalue weighted by Gasteiger charge is 2.66. The summed E-state index contributed by atoms with van der Waals surface area (Å²) in [6, 6.07) is 26.4. The van der Waals surface area contributed by atoms with Crippen molar-refractivity contribution in [2.24, 2.45) is 5.41 Å². The van der Waals surface area contributed by atoms with Crippen LogP contribution in [0.3, 0.4) is 0 Å². The van der Waals surface area contributed by atoms with E-state index in [-0.39, 0.29) is 0 Å². The van der Waals surface area contributed by atoms with Gasteiger partial charge in [-0.2, -0.15) is 9.78 Å². The van der Waals surface area contributed by atoms with Crippen molar-refractivity contribution in [2.45, 2.75) is 18.8 Å². The van der Waals surface area contributed by atoms with E-state index in [4.69, 9.17) is 51.5 Å². The molecule has 1 aliphatic carbocycles. The summed E-state index contributed by atoms with van der Waals surface area (Å²) < 4.78 is 1.27. The summed E-state index contributed by atoms with van der Waals surface area (Å²) in [7, 11) is 0. The lowest BCUT2D eigenvalue weighted by atomic mass is 9.52. The fraction of sp³-hybridized carbons (Fsp3) is 0.108. The van der Waals surface area contributed by atoms with Crippen LogP contribution < -0.4 is 10.6 Å². The van der Waals surface area contributed by atoms with Crippen LogP contribution in [0.1, 0.15) is 51.5 Å². The fourth-order valence-corrected chi connectivity index (χ4v) is 7.46. The molecule has 2 heterocycles. The van der Waals surface area contributed by atoms with Crippen molar-refractivity contribution < 1.29 is 19.2 Å². The van der Waals surface area contributed by atoms with Gasteiger partial charge in [-0.3, -0.25) is 25.0 Å². The van der Waals surface area contributed by atoms with E-state index in [0.29, 0.717) is 64.9 Å². The summed E-state index contributed by atoms with van der Waals surface area (Å²) in [5, 5.41) is 11.6. The van der Waals surface area contributed by atoms with Gasteiger partial charge in [0.05, 0.1) is 11.4 Å². The van der Waals surface area contributed by atoms with Crippen LogP contribution in [0.2, 0.25) is 20.1 Å². The molecule has 2 N–H and O–H groups in total. The van der Waals surface area contributed by atoms with Gasteiger partial charge in [0, 0.05) is 50.0 Å². The first-order valence-corrected chi connectivity index (χ1v) is 16.5. The highest BCUT2D eigenvalue weighted by Crippen LogP contribution is 2.63. The van der Waals surface area contributed by atoms with Crippen molar-refractivity contribution in [1.82, 2.24) is 20.4 Å². The Hall–Kier alpha value is -4.73. The molecule has 7 rings (SSSR count). The van der Waals surface area contributed by atoms with Crippen molar-refractivity contribution in [2.75, 3.05) is 0 Å². The van der Waals surface area contributed by atoms with Gasteiger partial charge < -0.3 is 0 Å². The van der Waals surface area contributed by atoms with Gasteiger partial charge in [0.2, 0.25) is 17.7 Å². The largest absolute Gasteiger partial charge is 0.328 e. The Labute approximate surface area is 300 Å². The topological polar surface area (TPSA) is 110 Å². The molecule has 2 aliphatic rings. The molecule has 4 amide bonds. The fourth-order valence-electron chi connectivity index (χ4n) is 6.95. The van der Waals surface area contributed by atoms with Crippen LogP contribution in [0, 0.1) is 5.41 Å². The van der Waals surface area contributed by atoms with Gasteiger partial charge in [0.15, 0.2) is 5.41 Å². The second-order valence-electron chi connectivity index (χ2n) is 11.8. The smallest absolute Gasteiger partial charge is 0.277 e. The Morgan fingerprint density at radius 3 is 1.63 bits per heavy atom. The number of urea groups is 1. The molecular formula is C37H24Cl4N4O4. The molecule has 5 aromatic rings. The zero-order valence-electron chi connectivity index (χ0n) is 25.5. The molecule has 1 aromatic heterocycles. The minimum atomic E-state index is -2.05. The molecule has 0 bridgehead atoms. The molecule has 1 fully saturated rings. The third-order valence-electron chi connectivity index (χ3n) is 8.93. The predicted molar refractivity (Wildman–Crippen MR) is 190 cm³/mol. The minimum Gasteiger partial charge on any atom is -0.277 e. The summed E-state index contributed by atoms with van der Waals surface area (Å²) in [5.41, 5.74) is 1.85. The molecule has 4 aromatic carbocycles. The number of allylic oxidation sites excluding steroid dienone is 1. The van der Waals surface area contributed by atoms with Crippen LogP contribution in [0.15, 0.2) is 97.1 Å². The first-order chi connectivity index (χ1) is 23.5. The quantitative estimate of drug-likeness (QED) is 0.180. The molecular weight excluding hydrogens is 706 g/mol. The van der Waals surface area contributed by atoms with Gasteiger partial charge >= 0.3 is 6.03 Å². The highest BCUT2D eigenvalue weighted by atomic mass is 35.5. The van der Waals surface area contributed by atoms with E-state index < -0.39 is 41.0 Å². The Bertz CT molecular complexity index is 2170. The Balaban J connectivity index is 1.70. The first-order valence-electron chi connectivity index (χ1n) is 15.0. The van der Waals surface area contributed by atoms with E-state index in [0.717, 1.165) is 0 Å². The number of carbonyl (C=O) groups is 4. The SMILES string of the molecule is CC(=O)n1nc2c(c1-c1ccc(Cl)cc1)C(c1ccc(Cl)cc1)C1(C(=O)NC(=O)NC1=O)C(c1ccc(Cl)cc1)/C2=C/c1ccc(Cl)cc1. The summed E-state index contributed by atoms with van der Waals surface area (Å²) in [6.07, 6.45) is 1.81. The lowest BCUT2D eigenvalue weighted by Gasteiger charge is -2.49. The number of hydrogen-bond acceptors (Lipinski definition) is 5. The average molecular weight is 730 g/mol. The van der Waals surface area contributed by atoms with Crippen LogP contribution in [0.25, 0.3) is 22.9 Å². The molecule has 0 radical (unpaired) electrons. The molecule has 8 nitrogen and oxygen atoms in total. The minimum absolute atomic E-state index is 0.354. The predicted octanol–water partition coefficient (Wildman–Crippen LogP) is 8.65. The normalized spacial score (nSPS) is 19.0. The summed E-state index contributed by atoms with van der Waals surface area (Å²) in [4.78, 5) is 55.8. The van der Waals surface area contributed by atoms with Gasteiger partial charge in [0.25, 0.3) is 0 Å². The maximum absolute atomic E-state index is 14.8. The molecule has 2 unspecified atom stereocenters. The van der Waals surface area contributed by atoms with Crippen molar-refractivity contribution in [3.8, 4) is 11.3 Å². The number of aromatic nitrogens is 2.